The zero-order valence-electron chi connectivity index (χ0n) is 12.6. The van der Waals surface area contributed by atoms with E-state index in [9.17, 15) is 23.1 Å². The average Bonchev–Trinajstić information content (AvgIpc) is 2.45. The van der Waals surface area contributed by atoms with Crippen LogP contribution in [0.1, 0.15) is 43.4 Å². The molecule has 2 aliphatic rings. The van der Waals surface area contributed by atoms with E-state index >= 15 is 0 Å². The Balaban J connectivity index is 1.71. The fourth-order valence-electron chi connectivity index (χ4n) is 3.71. The van der Waals surface area contributed by atoms with Crippen LogP contribution in [-0.4, -0.2) is 33.0 Å². The zero-order chi connectivity index (χ0) is 16.7. The largest absolute Gasteiger partial charge is 0.481 e. The first kappa shape index (κ1) is 16.2. The van der Waals surface area contributed by atoms with Crippen LogP contribution in [0.15, 0.2) is 18.3 Å². The van der Waals surface area contributed by atoms with Crippen LogP contribution >= 0.6 is 0 Å². The summed E-state index contributed by atoms with van der Waals surface area (Å²) in [6, 6.07) is 2.47. The minimum atomic E-state index is -4.42. The maximum Gasteiger partial charge on any atom is 0.433 e. The second kappa shape index (κ2) is 5.78. The number of piperidine rings is 1. The van der Waals surface area contributed by atoms with E-state index in [1.807, 2.05) is 0 Å². The van der Waals surface area contributed by atoms with Gasteiger partial charge in [-0.2, -0.15) is 13.2 Å². The number of alkyl halides is 3. The minimum Gasteiger partial charge on any atom is -0.481 e. The third kappa shape index (κ3) is 3.20. The number of aromatic nitrogens is 1. The van der Waals surface area contributed by atoms with Crippen molar-refractivity contribution in [3.63, 3.8) is 0 Å². The van der Waals surface area contributed by atoms with Crippen molar-refractivity contribution in [3.8, 4) is 0 Å². The number of carboxylic acids is 1. The molecule has 2 heterocycles. The molecule has 1 spiro atoms. The Morgan fingerprint density at radius 3 is 2.61 bits per heavy atom. The van der Waals surface area contributed by atoms with E-state index in [-0.39, 0.29) is 11.5 Å². The van der Waals surface area contributed by atoms with Crippen molar-refractivity contribution in [1.82, 2.24) is 9.88 Å². The van der Waals surface area contributed by atoms with Crippen LogP contribution in [0.2, 0.25) is 0 Å². The second-order valence-electron chi connectivity index (χ2n) is 6.58. The highest BCUT2D eigenvalue weighted by Crippen LogP contribution is 2.46. The molecule has 1 saturated carbocycles. The van der Waals surface area contributed by atoms with Gasteiger partial charge >= 0.3 is 12.1 Å². The van der Waals surface area contributed by atoms with Gasteiger partial charge in [0.25, 0.3) is 0 Å². The van der Waals surface area contributed by atoms with Crippen LogP contribution in [0.3, 0.4) is 0 Å². The number of rotatable bonds is 3. The molecule has 1 aromatic heterocycles. The Hall–Kier alpha value is -1.63. The number of likely N-dealkylation sites (tertiary alicyclic amines) is 1. The summed E-state index contributed by atoms with van der Waals surface area (Å²) < 4.78 is 37.7. The van der Waals surface area contributed by atoms with Crippen LogP contribution in [-0.2, 0) is 17.5 Å². The fraction of sp³-hybridized carbons (Fsp3) is 0.625. The SMILES string of the molecule is O=C(O)C1CCN(Cc2ccc(C(F)(F)F)nc2)C2(CCC2)C1. The summed E-state index contributed by atoms with van der Waals surface area (Å²) in [7, 11) is 0. The van der Waals surface area contributed by atoms with Crippen LogP contribution in [0.25, 0.3) is 0 Å². The van der Waals surface area contributed by atoms with Gasteiger partial charge in [-0.3, -0.25) is 14.7 Å². The summed E-state index contributed by atoms with van der Waals surface area (Å²) in [6.07, 6.45) is 1.08. The van der Waals surface area contributed by atoms with E-state index in [0.29, 0.717) is 25.9 Å². The summed E-state index contributed by atoms with van der Waals surface area (Å²) in [5, 5.41) is 9.24. The van der Waals surface area contributed by atoms with Crippen molar-refractivity contribution in [2.75, 3.05) is 6.54 Å². The van der Waals surface area contributed by atoms with Gasteiger partial charge in [0.2, 0.25) is 0 Å². The van der Waals surface area contributed by atoms with Crippen LogP contribution < -0.4 is 0 Å². The molecule has 1 saturated heterocycles. The summed E-state index contributed by atoms with van der Waals surface area (Å²) >= 11 is 0. The molecule has 0 aromatic carbocycles. The van der Waals surface area contributed by atoms with Gasteiger partial charge in [0, 0.05) is 18.3 Å². The number of pyridine rings is 1. The van der Waals surface area contributed by atoms with Crippen LogP contribution in [0.5, 0.6) is 0 Å². The van der Waals surface area contributed by atoms with Crippen molar-refractivity contribution in [1.29, 1.82) is 0 Å². The average molecular weight is 328 g/mol. The predicted molar refractivity (Wildman–Crippen MR) is 76.6 cm³/mol. The highest BCUT2D eigenvalue weighted by molar-refractivity contribution is 5.70. The van der Waals surface area contributed by atoms with Crippen LogP contribution in [0, 0.1) is 5.92 Å². The molecule has 1 aromatic rings. The number of carbonyl (C=O) groups is 1. The molecule has 1 aliphatic carbocycles. The van der Waals surface area contributed by atoms with Gasteiger partial charge in [-0.05, 0) is 50.3 Å². The quantitative estimate of drug-likeness (QED) is 0.925. The highest BCUT2D eigenvalue weighted by atomic mass is 19.4. The topological polar surface area (TPSA) is 53.4 Å². The minimum absolute atomic E-state index is 0.0932. The maximum atomic E-state index is 12.6. The first-order valence-electron chi connectivity index (χ1n) is 7.80. The van der Waals surface area contributed by atoms with E-state index < -0.39 is 17.8 Å². The first-order valence-corrected chi connectivity index (χ1v) is 7.80. The summed E-state index contributed by atoms with van der Waals surface area (Å²) in [4.78, 5) is 17.0. The second-order valence-corrected chi connectivity index (χ2v) is 6.58. The van der Waals surface area contributed by atoms with Crippen molar-refractivity contribution in [2.24, 2.45) is 5.92 Å². The van der Waals surface area contributed by atoms with Crippen molar-refractivity contribution < 1.29 is 23.1 Å². The highest BCUT2D eigenvalue weighted by Gasteiger charge is 2.48. The van der Waals surface area contributed by atoms with Gasteiger partial charge in [-0.1, -0.05) is 6.07 Å². The molecule has 0 radical (unpaired) electrons. The number of hydrogen-bond acceptors (Lipinski definition) is 3. The summed E-state index contributed by atoms with van der Waals surface area (Å²) in [6.45, 7) is 1.19. The molecule has 126 valence electrons. The number of aliphatic carboxylic acids is 1. The molecule has 4 nitrogen and oxygen atoms in total. The van der Waals surface area contributed by atoms with Gasteiger partial charge in [0.05, 0.1) is 5.92 Å². The molecule has 1 unspecified atom stereocenters. The Morgan fingerprint density at radius 2 is 2.13 bits per heavy atom. The molecular formula is C16H19F3N2O2. The molecule has 1 aliphatic heterocycles. The lowest BCUT2D eigenvalue weighted by molar-refractivity contribution is -0.148. The Morgan fingerprint density at radius 1 is 1.39 bits per heavy atom. The molecule has 1 atom stereocenters. The monoisotopic (exact) mass is 328 g/mol. The van der Waals surface area contributed by atoms with E-state index in [1.54, 1.807) is 0 Å². The standard InChI is InChI=1S/C16H19F3N2O2/c17-16(18,19)13-3-2-11(9-20-13)10-21-7-4-12(14(22)23)8-15(21)5-1-6-15/h2-3,9,12H,1,4-8,10H2,(H,22,23). The maximum absolute atomic E-state index is 12.6. The lowest BCUT2D eigenvalue weighted by Gasteiger charge is -2.54. The van der Waals surface area contributed by atoms with Crippen LogP contribution in [0.4, 0.5) is 13.2 Å². The molecule has 23 heavy (non-hydrogen) atoms. The molecule has 1 N–H and O–H groups in total. The molecule has 0 bridgehead atoms. The molecule has 2 fully saturated rings. The normalized spacial score (nSPS) is 24.4. The van der Waals surface area contributed by atoms with Crippen molar-refractivity contribution >= 4 is 5.97 Å². The Bertz CT molecular complexity index is 582. The van der Waals surface area contributed by atoms with Gasteiger partial charge in [-0.25, -0.2) is 0 Å². The molecular weight excluding hydrogens is 309 g/mol. The molecule has 3 rings (SSSR count). The van der Waals surface area contributed by atoms with Gasteiger partial charge in [0.15, 0.2) is 0 Å². The summed E-state index contributed by atoms with van der Waals surface area (Å²) in [5.41, 5.74) is -0.244. The number of hydrogen-bond donors (Lipinski definition) is 1. The third-order valence-electron chi connectivity index (χ3n) is 5.17. The Kier molecular flexibility index (Phi) is 4.08. The number of nitrogens with zero attached hydrogens (tertiary/aromatic N) is 2. The van der Waals surface area contributed by atoms with E-state index in [0.717, 1.165) is 30.9 Å². The van der Waals surface area contributed by atoms with E-state index in [4.69, 9.17) is 0 Å². The molecule has 7 heteroatoms. The van der Waals surface area contributed by atoms with Gasteiger partial charge in [0.1, 0.15) is 5.69 Å². The first-order chi connectivity index (χ1) is 10.8. The van der Waals surface area contributed by atoms with Gasteiger partial charge < -0.3 is 5.11 Å². The summed E-state index contributed by atoms with van der Waals surface area (Å²) in [5.74, 6) is -1.05. The van der Waals surface area contributed by atoms with E-state index in [2.05, 4.69) is 9.88 Å². The lowest BCUT2D eigenvalue weighted by atomic mass is 9.67. The van der Waals surface area contributed by atoms with Crippen molar-refractivity contribution in [2.45, 2.75) is 50.4 Å². The fourth-order valence-corrected chi connectivity index (χ4v) is 3.71. The number of halogens is 3. The van der Waals surface area contributed by atoms with Gasteiger partial charge in [-0.15, -0.1) is 0 Å². The van der Waals surface area contributed by atoms with Crippen molar-refractivity contribution in [3.05, 3.63) is 29.6 Å². The smallest absolute Gasteiger partial charge is 0.433 e. The number of carboxylic acid groups (broad SMARTS) is 1. The third-order valence-corrected chi connectivity index (χ3v) is 5.17. The zero-order valence-corrected chi connectivity index (χ0v) is 12.6. The molecule has 0 amide bonds. The predicted octanol–water partition coefficient (Wildman–Crippen LogP) is 3.32. The van der Waals surface area contributed by atoms with E-state index in [1.165, 1.54) is 12.3 Å². The lowest BCUT2D eigenvalue weighted by Crippen LogP contribution is -2.58. The Labute approximate surface area is 132 Å².